The fourth-order valence-corrected chi connectivity index (χ4v) is 3.69. The van der Waals surface area contributed by atoms with Crippen molar-refractivity contribution in [3.05, 3.63) is 52.9 Å². The first kappa shape index (κ1) is 20.5. The number of anilines is 1. The molecule has 0 radical (unpaired) electrons. The van der Waals surface area contributed by atoms with Crippen LogP contribution in [0.2, 0.25) is 0 Å². The number of nitrogens with zero attached hydrogens (tertiary/aromatic N) is 5. The van der Waals surface area contributed by atoms with E-state index >= 15 is 0 Å². The van der Waals surface area contributed by atoms with Crippen LogP contribution in [0.4, 0.5) is 5.69 Å². The fourth-order valence-electron chi connectivity index (χ4n) is 3.69. The van der Waals surface area contributed by atoms with Crippen molar-refractivity contribution in [2.24, 2.45) is 10.8 Å². The first-order valence-corrected chi connectivity index (χ1v) is 9.85. The molecule has 0 aromatic heterocycles. The van der Waals surface area contributed by atoms with Crippen molar-refractivity contribution in [1.82, 2.24) is 4.90 Å². The lowest BCUT2D eigenvalue weighted by Crippen LogP contribution is -2.45. The summed E-state index contributed by atoms with van der Waals surface area (Å²) < 4.78 is 0. The molecule has 8 heteroatoms. The summed E-state index contributed by atoms with van der Waals surface area (Å²) in [4.78, 5) is 16.8. The van der Waals surface area contributed by atoms with Crippen molar-refractivity contribution < 1.29 is 4.79 Å². The highest BCUT2D eigenvalue weighted by molar-refractivity contribution is 5.85. The highest BCUT2D eigenvalue weighted by Gasteiger charge is 2.36. The summed E-state index contributed by atoms with van der Waals surface area (Å²) >= 11 is 0. The molecule has 3 N–H and O–H groups in total. The number of benzene rings is 2. The number of unbranched alkanes of at least 4 members (excludes halogenated alkanes) is 1. The van der Waals surface area contributed by atoms with E-state index in [0.29, 0.717) is 12.8 Å². The van der Waals surface area contributed by atoms with Crippen molar-refractivity contribution in [3.63, 3.8) is 0 Å². The Morgan fingerprint density at radius 1 is 1.34 bits per heavy atom. The molecule has 1 unspecified atom stereocenters. The molecule has 0 bridgehead atoms. The molecule has 2 aromatic rings. The summed E-state index contributed by atoms with van der Waals surface area (Å²) in [6.07, 6.45) is 2.61. The van der Waals surface area contributed by atoms with Crippen molar-refractivity contribution >= 4 is 22.4 Å². The SMILES string of the molecule is N#C[C@@H]1CC(N=[N+]=[N-])CN1C(=O)[C@@H](N)CCCCNc1ccc2ccccc2c1. The molecule has 1 heterocycles. The van der Waals surface area contributed by atoms with Crippen LogP contribution in [-0.2, 0) is 4.79 Å². The monoisotopic (exact) mass is 391 g/mol. The molecule has 0 saturated carbocycles. The van der Waals surface area contributed by atoms with E-state index in [4.69, 9.17) is 11.3 Å². The molecule has 1 saturated heterocycles. The Hall–Kier alpha value is -3.27. The van der Waals surface area contributed by atoms with Crippen LogP contribution in [0.25, 0.3) is 21.2 Å². The zero-order chi connectivity index (χ0) is 20.6. The van der Waals surface area contributed by atoms with Crippen LogP contribution in [0.5, 0.6) is 0 Å². The largest absolute Gasteiger partial charge is 0.385 e. The van der Waals surface area contributed by atoms with Gasteiger partial charge in [0.15, 0.2) is 0 Å². The number of likely N-dealkylation sites (tertiary alicyclic amines) is 1. The lowest BCUT2D eigenvalue weighted by atomic mass is 10.1. The molecule has 1 aliphatic heterocycles. The van der Waals surface area contributed by atoms with Crippen LogP contribution in [0, 0.1) is 11.3 Å². The average Bonchev–Trinajstić information content (AvgIpc) is 3.16. The zero-order valence-electron chi connectivity index (χ0n) is 16.2. The zero-order valence-corrected chi connectivity index (χ0v) is 16.2. The molecule has 3 atom stereocenters. The minimum Gasteiger partial charge on any atom is -0.385 e. The van der Waals surface area contributed by atoms with E-state index in [-0.39, 0.29) is 18.5 Å². The first-order chi connectivity index (χ1) is 14.1. The van der Waals surface area contributed by atoms with E-state index in [1.165, 1.54) is 15.7 Å². The lowest BCUT2D eigenvalue weighted by molar-refractivity contribution is -0.132. The van der Waals surface area contributed by atoms with Crippen LogP contribution < -0.4 is 11.1 Å². The van der Waals surface area contributed by atoms with Gasteiger partial charge in [-0.1, -0.05) is 35.4 Å². The quantitative estimate of drug-likeness (QED) is 0.308. The van der Waals surface area contributed by atoms with Crippen LogP contribution in [-0.4, -0.2) is 42.0 Å². The van der Waals surface area contributed by atoms with Crippen molar-refractivity contribution in [3.8, 4) is 6.07 Å². The van der Waals surface area contributed by atoms with Gasteiger partial charge in [0.05, 0.1) is 18.2 Å². The predicted octanol–water partition coefficient (Wildman–Crippen LogP) is 3.55. The van der Waals surface area contributed by atoms with Gasteiger partial charge in [0.2, 0.25) is 5.91 Å². The van der Waals surface area contributed by atoms with E-state index in [9.17, 15) is 10.1 Å². The first-order valence-electron chi connectivity index (χ1n) is 9.85. The van der Waals surface area contributed by atoms with Gasteiger partial charge in [0.25, 0.3) is 0 Å². The number of hydrogen-bond acceptors (Lipinski definition) is 5. The number of nitrogens with one attached hydrogen (secondary N) is 1. The predicted molar refractivity (Wildman–Crippen MR) is 113 cm³/mol. The minimum absolute atomic E-state index is 0.241. The maximum atomic E-state index is 12.6. The second kappa shape index (κ2) is 9.78. The number of azide groups is 1. The topological polar surface area (TPSA) is 131 Å². The number of rotatable bonds is 8. The number of amides is 1. The summed E-state index contributed by atoms with van der Waals surface area (Å²) in [7, 11) is 0. The van der Waals surface area contributed by atoms with Gasteiger partial charge >= 0.3 is 0 Å². The molecule has 8 nitrogen and oxygen atoms in total. The Morgan fingerprint density at radius 2 is 2.14 bits per heavy atom. The Labute approximate surface area is 169 Å². The molecule has 1 amide bonds. The van der Waals surface area contributed by atoms with Gasteiger partial charge in [0, 0.05) is 23.7 Å². The van der Waals surface area contributed by atoms with E-state index in [1.807, 2.05) is 12.1 Å². The van der Waals surface area contributed by atoms with E-state index in [2.05, 4.69) is 51.7 Å². The fraction of sp³-hybridized carbons (Fsp3) is 0.429. The Morgan fingerprint density at radius 3 is 2.90 bits per heavy atom. The lowest BCUT2D eigenvalue weighted by Gasteiger charge is -2.23. The summed E-state index contributed by atoms with van der Waals surface area (Å²) in [6, 6.07) is 15.0. The Balaban J connectivity index is 1.42. The highest BCUT2D eigenvalue weighted by atomic mass is 16.2. The van der Waals surface area contributed by atoms with Crippen LogP contribution in [0.3, 0.4) is 0 Å². The summed E-state index contributed by atoms with van der Waals surface area (Å²) in [5.41, 5.74) is 15.7. The Kier molecular flexibility index (Phi) is 6.90. The van der Waals surface area contributed by atoms with Gasteiger partial charge in [0.1, 0.15) is 6.04 Å². The maximum Gasteiger partial charge on any atom is 0.240 e. The van der Waals surface area contributed by atoms with Gasteiger partial charge in [-0.15, -0.1) is 0 Å². The minimum atomic E-state index is -0.642. The van der Waals surface area contributed by atoms with Gasteiger partial charge in [-0.25, -0.2) is 0 Å². The van der Waals surface area contributed by atoms with E-state index in [0.717, 1.165) is 25.1 Å². The highest BCUT2D eigenvalue weighted by Crippen LogP contribution is 2.22. The maximum absolute atomic E-state index is 12.6. The molecular formula is C21H25N7O. The van der Waals surface area contributed by atoms with Crippen molar-refractivity contribution in [1.29, 1.82) is 5.26 Å². The smallest absolute Gasteiger partial charge is 0.240 e. The number of fused-ring (bicyclic) bond motifs is 1. The summed E-state index contributed by atoms with van der Waals surface area (Å²) in [5, 5.41) is 18.7. The molecule has 3 rings (SSSR count). The number of nitriles is 1. The third kappa shape index (κ3) is 5.17. The normalized spacial score (nSPS) is 19.4. The van der Waals surface area contributed by atoms with Crippen molar-refractivity contribution in [2.45, 2.75) is 43.8 Å². The Bertz CT molecular complexity index is 947. The molecule has 1 fully saturated rings. The molecule has 150 valence electrons. The number of carbonyl (C=O) groups excluding carboxylic acids is 1. The molecule has 0 aliphatic carbocycles. The molecule has 0 spiro atoms. The standard InChI is InChI=1S/C21H25N7O/c22-13-19-12-18(26-27-24)14-28(19)21(29)20(23)7-3-4-10-25-17-9-8-15-5-1-2-6-16(15)11-17/h1-2,5-6,8-9,11,18-20,25H,3-4,7,10,12,14,23H2/t18?,19-,20-/m0/s1. The number of nitrogens with two attached hydrogens (primary N) is 1. The molecule has 2 aromatic carbocycles. The molecule has 29 heavy (non-hydrogen) atoms. The second-order valence-electron chi connectivity index (χ2n) is 7.32. The van der Waals surface area contributed by atoms with Crippen LogP contribution in [0.15, 0.2) is 47.6 Å². The third-order valence-corrected chi connectivity index (χ3v) is 5.26. The van der Waals surface area contributed by atoms with Gasteiger partial charge in [-0.3, -0.25) is 4.79 Å². The summed E-state index contributed by atoms with van der Waals surface area (Å²) in [6.45, 7) is 1.06. The number of hydrogen-bond donors (Lipinski definition) is 2. The van der Waals surface area contributed by atoms with Crippen LogP contribution >= 0.6 is 0 Å². The van der Waals surface area contributed by atoms with Gasteiger partial charge in [-0.2, -0.15) is 5.26 Å². The van der Waals surface area contributed by atoms with Gasteiger partial charge < -0.3 is 16.0 Å². The second-order valence-corrected chi connectivity index (χ2v) is 7.32. The van der Waals surface area contributed by atoms with E-state index < -0.39 is 12.1 Å². The van der Waals surface area contributed by atoms with E-state index in [1.54, 1.807) is 0 Å². The van der Waals surface area contributed by atoms with Crippen molar-refractivity contribution in [2.75, 3.05) is 18.4 Å². The molecule has 1 aliphatic rings. The third-order valence-electron chi connectivity index (χ3n) is 5.26. The number of carbonyl (C=O) groups is 1. The van der Waals surface area contributed by atoms with Gasteiger partial charge in [-0.05, 0) is 54.1 Å². The molecular weight excluding hydrogens is 366 g/mol. The summed E-state index contributed by atoms with van der Waals surface area (Å²) in [5.74, 6) is -0.241. The average molecular weight is 391 g/mol. The van der Waals surface area contributed by atoms with Crippen LogP contribution in [0.1, 0.15) is 25.7 Å².